The highest BCUT2D eigenvalue weighted by atomic mass is 14.3. The van der Waals surface area contributed by atoms with E-state index in [1.165, 1.54) is 51.4 Å². The molecular weight excluding hydrogens is 637 g/mol. The highest BCUT2D eigenvalue weighted by Gasteiger charge is 2.24. The zero-order chi connectivity index (χ0) is 39.1. The molecule has 3 aromatic carbocycles. The molecule has 312 valence electrons. The van der Waals surface area contributed by atoms with Gasteiger partial charge in [0.15, 0.2) is 0 Å². The first-order valence-corrected chi connectivity index (χ1v) is 21.6. The fraction of sp³-hybridized carbons (Fsp3) is 0.660. The normalized spacial score (nSPS) is 16.1. The van der Waals surface area contributed by atoms with Crippen LogP contribution in [0.4, 0.5) is 0 Å². The molecule has 3 unspecified atom stereocenters. The van der Waals surface area contributed by atoms with Crippen molar-refractivity contribution in [2.45, 2.75) is 216 Å². The smallest absolute Gasteiger partial charge is 0.0133 e. The monoisotopic (exact) mass is 737 g/mol. The van der Waals surface area contributed by atoms with Crippen LogP contribution < -0.4 is 0 Å². The van der Waals surface area contributed by atoms with E-state index in [4.69, 9.17) is 0 Å². The molecule has 3 aromatic rings. The molecule has 0 aromatic heterocycles. The van der Waals surface area contributed by atoms with E-state index < -0.39 is 0 Å². The molecule has 0 saturated heterocycles. The summed E-state index contributed by atoms with van der Waals surface area (Å²) in [7, 11) is 0. The Labute approximate surface area is 338 Å². The second-order valence-electron chi connectivity index (χ2n) is 13.0. The lowest BCUT2D eigenvalue weighted by Crippen LogP contribution is -2.14. The van der Waals surface area contributed by atoms with E-state index in [-0.39, 0.29) is 22.3 Å². The summed E-state index contributed by atoms with van der Waals surface area (Å²) in [4.78, 5) is 0. The summed E-state index contributed by atoms with van der Waals surface area (Å²) in [6.07, 6.45) is 10.7. The molecule has 0 heterocycles. The van der Waals surface area contributed by atoms with Gasteiger partial charge in [0.25, 0.3) is 0 Å². The molecule has 0 bridgehead atoms. The summed E-state index contributed by atoms with van der Waals surface area (Å²) >= 11 is 0. The van der Waals surface area contributed by atoms with E-state index in [9.17, 15) is 0 Å². The molecular formula is C53H100. The van der Waals surface area contributed by atoms with E-state index in [0.717, 1.165) is 35.5 Å². The van der Waals surface area contributed by atoms with Gasteiger partial charge in [-0.15, -0.1) is 0 Å². The summed E-state index contributed by atoms with van der Waals surface area (Å²) in [6, 6.07) is 26.8. The third-order valence-corrected chi connectivity index (χ3v) is 9.43. The number of hydrogen-bond acceptors (Lipinski definition) is 0. The minimum atomic E-state index is 0. The van der Waals surface area contributed by atoms with Crippen molar-refractivity contribution in [1.29, 1.82) is 0 Å². The van der Waals surface area contributed by atoms with Gasteiger partial charge < -0.3 is 0 Å². The van der Waals surface area contributed by atoms with Crippen molar-refractivity contribution in [3.05, 3.63) is 106 Å². The van der Waals surface area contributed by atoms with E-state index in [2.05, 4.69) is 114 Å². The predicted molar refractivity (Wildman–Crippen MR) is 255 cm³/mol. The van der Waals surface area contributed by atoms with Gasteiger partial charge in [-0.1, -0.05) is 220 Å². The Morgan fingerprint density at radius 2 is 0.566 bits per heavy atom. The first-order chi connectivity index (χ1) is 24.4. The van der Waals surface area contributed by atoms with Crippen LogP contribution in [0.2, 0.25) is 0 Å². The standard InChI is InChI=1S/2C13H18.C12H16.6C2H6.3CH4/c2*1-10(2)12-9-5-7-11-6-3-4-8-13(11)12;1-9(2)11-8-7-10-5-3-4-6-12(10)11;6*1-2;;;/h2*3-4,6,8,10,12H,5,7,9H2,1-2H3;3-6,9,11H,7-8H2,1-2H3;6*1-2H3;3*1H4. The lowest BCUT2D eigenvalue weighted by Gasteiger charge is -2.28. The van der Waals surface area contributed by atoms with Gasteiger partial charge >= 0.3 is 0 Å². The molecule has 0 amide bonds. The van der Waals surface area contributed by atoms with Crippen LogP contribution in [-0.2, 0) is 19.3 Å². The molecule has 0 nitrogen and oxygen atoms in total. The molecule has 3 aliphatic carbocycles. The second-order valence-corrected chi connectivity index (χ2v) is 13.0. The Hall–Kier alpha value is -2.34. The molecule has 0 N–H and O–H groups in total. The molecule has 3 atom stereocenters. The average molecular weight is 737 g/mol. The molecule has 0 fully saturated rings. The summed E-state index contributed by atoms with van der Waals surface area (Å²) in [5.41, 5.74) is 9.59. The van der Waals surface area contributed by atoms with Crippen LogP contribution in [0.25, 0.3) is 0 Å². The van der Waals surface area contributed by atoms with Gasteiger partial charge in [-0.25, -0.2) is 0 Å². The largest absolute Gasteiger partial charge is 0.0776 e. The Morgan fingerprint density at radius 3 is 0.830 bits per heavy atom. The molecule has 0 radical (unpaired) electrons. The van der Waals surface area contributed by atoms with E-state index >= 15 is 0 Å². The van der Waals surface area contributed by atoms with E-state index in [1.54, 1.807) is 33.4 Å². The highest BCUT2D eigenvalue weighted by Crippen LogP contribution is 2.38. The Bertz CT molecular complexity index is 1070. The van der Waals surface area contributed by atoms with Gasteiger partial charge in [-0.3, -0.25) is 0 Å². The second kappa shape index (κ2) is 40.8. The zero-order valence-corrected chi connectivity index (χ0v) is 37.0. The van der Waals surface area contributed by atoms with Gasteiger partial charge in [-0.2, -0.15) is 0 Å². The Kier molecular flexibility index (Phi) is 48.3. The maximum absolute atomic E-state index is 2.34. The van der Waals surface area contributed by atoms with Crippen LogP contribution in [0, 0.1) is 17.8 Å². The van der Waals surface area contributed by atoms with Crippen LogP contribution in [0.3, 0.4) is 0 Å². The van der Waals surface area contributed by atoms with Crippen LogP contribution in [0.15, 0.2) is 72.8 Å². The lowest BCUT2D eigenvalue weighted by molar-refractivity contribution is 0.433. The summed E-state index contributed by atoms with van der Waals surface area (Å²) < 4.78 is 0. The lowest BCUT2D eigenvalue weighted by atomic mass is 9.77. The molecule has 53 heavy (non-hydrogen) atoms. The summed E-state index contributed by atoms with van der Waals surface area (Å²) in [5, 5.41) is 0. The minimum absolute atomic E-state index is 0. The molecule has 0 heteroatoms. The fourth-order valence-corrected chi connectivity index (χ4v) is 7.25. The van der Waals surface area contributed by atoms with Crippen LogP contribution in [0.1, 0.15) is 230 Å². The SMILES string of the molecule is C.C.C.CC.CC.CC.CC.CC.CC.CC(C)C1CCCc2ccccc21.CC(C)C1CCCc2ccccc21.CC(C)C1CCc2ccccc21. The van der Waals surface area contributed by atoms with Crippen molar-refractivity contribution in [1.82, 2.24) is 0 Å². The number of hydrogen-bond donors (Lipinski definition) is 0. The summed E-state index contributed by atoms with van der Waals surface area (Å²) in [5.74, 6) is 4.83. The van der Waals surface area contributed by atoms with Crippen molar-refractivity contribution >= 4 is 0 Å². The first kappa shape index (κ1) is 62.6. The fourth-order valence-electron chi connectivity index (χ4n) is 7.25. The van der Waals surface area contributed by atoms with Crippen molar-refractivity contribution in [3.63, 3.8) is 0 Å². The molecule has 0 spiro atoms. The van der Waals surface area contributed by atoms with E-state index in [1.807, 2.05) is 83.1 Å². The Balaban J connectivity index is -0.000000133. The highest BCUT2D eigenvalue weighted by molar-refractivity contribution is 5.35. The van der Waals surface area contributed by atoms with Gasteiger partial charge in [0.05, 0.1) is 0 Å². The maximum atomic E-state index is 2.34. The van der Waals surface area contributed by atoms with Gasteiger partial charge in [0.2, 0.25) is 0 Å². The quantitative estimate of drug-likeness (QED) is 0.251. The molecule has 3 aliphatic rings. The average Bonchev–Trinajstić information content (AvgIpc) is 3.64. The number of rotatable bonds is 3. The van der Waals surface area contributed by atoms with Crippen LogP contribution in [0.5, 0.6) is 0 Å². The van der Waals surface area contributed by atoms with Crippen molar-refractivity contribution < 1.29 is 0 Å². The number of fused-ring (bicyclic) bond motifs is 3. The third-order valence-electron chi connectivity index (χ3n) is 9.43. The Morgan fingerprint density at radius 1 is 0.340 bits per heavy atom. The zero-order valence-electron chi connectivity index (χ0n) is 37.0. The predicted octanol–water partition coefficient (Wildman–Crippen LogP) is 19.0. The number of aryl methyl sites for hydroxylation is 3. The third kappa shape index (κ3) is 22.0. The van der Waals surface area contributed by atoms with Crippen molar-refractivity contribution in [3.8, 4) is 0 Å². The minimum Gasteiger partial charge on any atom is -0.0776 e. The molecule has 0 saturated carbocycles. The summed E-state index contributed by atoms with van der Waals surface area (Å²) in [6.45, 7) is 38.0. The van der Waals surface area contributed by atoms with Crippen molar-refractivity contribution in [2.75, 3.05) is 0 Å². The van der Waals surface area contributed by atoms with Crippen LogP contribution in [-0.4, -0.2) is 0 Å². The first-order valence-electron chi connectivity index (χ1n) is 21.6. The topological polar surface area (TPSA) is 0 Å². The van der Waals surface area contributed by atoms with Gasteiger partial charge in [0.1, 0.15) is 0 Å². The van der Waals surface area contributed by atoms with Crippen LogP contribution >= 0.6 is 0 Å². The maximum Gasteiger partial charge on any atom is -0.0133 e. The van der Waals surface area contributed by atoms with Gasteiger partial charge in [-0.05, 0) is 120 Å². The van der Waals surface area contributed by atoms with Gasteiger partial charge in [0, 0.05) is 0 Å². The van der Waals surface area contributed by atoms with Crippen molar-refractivity contribution in [2.24, 2.45) is 17.8 Å². The molecule has 0 aliphatic heterocycles. The molecule has 6 rings (SSSR count). The van der Waals surface area contributed by atoms with E-state index in [0.29, 0.717) is 0 Å². The number of benzene rings is 3.